The maximum atomic E-state index is 13.4. The fraction of sp³-hybridized carbons (Fsp3) is 0.375. The fourth-order valence-electron chi connectivity index (χ4n) is 3.40. The first-order valence-corrected chi connectivity index (χ1v) is 13.1. The number of halogens is 2. The molecule has 0 saturated heterocycles. The Morgan fingerprint density at radius 2 is 1.33 bits per heavy atom. The van der Waals surface area contributed by atoms with Crippen LogP contribution in [-0.4, -0.2) is 78.9 Å². The highest BCUT2D eigenvalue weighted by Crippen LogP contribution is 2.39. The Hall–Kier alpha value is -2.66. The number of alkyl halides is 2. The molecule has 0 saturated carbocycles. The Morgan fingerprint density at radius 1 is 0.806 bits per heavy atom. The second-order valence-electron chi connectivity index (χ2n) is 7.14. The summed E-state index contributed by atoms with van der Waals surface area (Å²) < 4.78 is 54.5. The Balaban J connectivity index is 2.57. The van der Waals surface area contributed by atoms with Gasteiger partial charge in [0, 0.05) is 30.9 Å². The number of carbonyl (C=O) groups excluding carboxylic acids is 1. The van der Waals surface area contributed by atoms with Crippen LogP contribution in [-0.2, 0) is 10.0 Å². The topological polar surface area (TPSA) is 101 Å². The van der Waals surface area contributed by atoms with E-state index in [2.05, 4.69) is 0 Å². The minimum Gasteiger partial charge on any atom is -0.496 e. The van der Waals surface area contributed by atoms with Gasteiger partial charge in [-0.15, -0.1) is 23.2 Å². The zero-order valence-corrected chi connectivity index (χ0v) is 23.0. The highest BCUT2D eigenvalue weighted by molar-refractivity contribution is 7.89. The van der Waals surface area contributed by atoms with Gasteiger partial charge in [0.15, 0.2) is 17.3 Å². The van der Waals surface area contributed by atoms with Crippen LogP contribution in [0.25, 0.3) is 6.08 Å². The molecule has 0 N–H and O–H groups in total. The van der Waals surface area contributed by atoms with Gasteiger partial charge in [-0.2, -0.15) is 4.31 Å². The second-order valence-corrected chi connectivity index (χ2v) is 9.80. The van der Waals surface area contributed by atoms with Gasteiger partial charge in [0.1, 0.15) is 16.4 Å². The maximum Gasteiger partial charge on any atom is 0.246 e. The number of methoxy groups -OCH3 is 5. The van der Waals surface area contributed by atoms with Gasteiger partial charge in [-0.05, 0) is 29.8 Å². The number of hydrogen-bond donors (Lipinski definition) is 0. The lowest BCUT2D eigenvalue weighted by atomic mass is 10.1. The number of allylic oxidation sites excluding steroid dienone is 1. The third-order valence-electron chi connectivity index (χ3n) is 5.15. The highest BCUT2D eigenvalue weighted by atomic mass is 35.5. The molecule has 0 spiro atoms. The molecule has 0 radical (unpaired) electrons. The summed E-state index contributed by atoms with van der Waals surface area (Å²) in [5, 5.41) is 0. The van der Waals surface area contributed by atoms with Gasteiger partial charge in [-0.25, -0.2) is 8.42 Å². The van der Waals surface area contributed by atoms with E-state index in [0.717, 1.165) is 4.31 Å². The van der Waals surface area contributed by atoms with Crippen LogP contribution in [0.1, 0.15) is 15.9 Å². The van der Waals surface area contributed by atoms with Gasteiger partial charge in [-0.1, -0.05) is 6.08 Å². The molecule has 0 bridgehead atoms. The summed E-state index contributed by atoms with van der Waals surface area (Å²) in [5.41, 5.74) is 0.617. The molecule has 0 unspecified atom stereocenters. The zero-order valence-electron chi connectivity index (χ0n) is 20.7. The third kappa shape index (κ3) is 6.56. The number of ketones is 1. The summed E-state index contributed by atoms with van der Waals surface area (Å²) in [5.74, 6) is 1.04. The van der Waals surface area contributed by atoms with Gasteiger partial charge >= 0.3 is 0 Å². The maximum absolute atomic E-state index is 13.4. The standard InChI is InChI=1S/C24H29Cl2NO8S/c1-31-19-15-20(32-2)23(36(29,30)27(10-8-25)11-9-26)14-17(19)18(28)7-6-16-12-21(33-3)24(35-5)22(13-16)34-4/h6-7,12-15H,8-11H2,1-5H3/b7-6+. The highest BCUT2D eigenvalue weighted by Gasteiger charge is 2.29. The molecule has 9 nitrogen and oxygen atoms in total. The van der Waals surface area contributed by atoms with Crippen LogP contribution in [0, 0.1) is 0 Å². The van der Waals surface area contributed by atoms with Crippen molar-refractivity contribution in [2.45, 2.75) is 4.90 Å². The van der Waals surface area contributed by atoms with E-state index in [0.29, 0.717) is 22.8 Å². The number of sulfonamides is 1. The molecule has 0 aromatic heterocycles. The molecule has 0 fully saturated rings. The largest absolute Gasteiger partial charge is 0.496 e. The monoisotopic (exact) mass is 561 g/mol. The minimum atomic E-state index is -4.08. The Morgan fingerprint density at radius 3 is 1.78 bits per heavy atom. The number of carbonyl (C=O) groups is 1. The number of ether oxygens (including phenoxy) is 5. The average molecular weight is 562 g/mol. The van der Waals surface area contributed by atoms with E-state index in [-0.39, 0.29) is 46.8 Å². The van der Waals surface area contributed by atoms with Crippen LogP contribution in [0.2, 0.25) is 0 Å². The van der Waals surface area contributed by atoms with E-state index in [1.165, 1.54) is 59.8 Å². The number of benzene rings is 2. The molecule has 0 aliphatic rings. The number of hydrogen-bond acceptors (Lipinski definition) is 8. The van der Waals surface area contributed by atoms with Gasteiger partial charge < -0.3 is 23.7 Å². The lowest BCUT2D eigenvalue weighted by Crippen LogP contribution is -2.34. The molecule has 0 heterocycles. The Kier molecular flexibility index (Phi) is 11.2. The van der Waals surface area contributed by atoms with E-state index in [1.807, 2.05) is 0 Å². The minimum absolute atomic E-state index is 0.0196. The summed E-state index contributed by atoms with van der Waals surface area (Å²) in [6, 6.07) is 5.92. The van der Waals surface area contributed by atoms with Gasteiger partial charge in [0.05, 0.1) is 41.1 Å². The molecule has 12 heteroatoms. The van der Waals surface area contributed by atoms with Crippen molar-refractivity contribution in [2.24, 2.45) is 0 Å². The van der Waals surface area contributed by atoms with E-state index >= 15 is 0 Å². The molecule has 0 aliphatic carbocycles. The molecular formula is C24H29Cl2NO8S. The Labute approximate surface area is 221 Å². The lowest BCUT2D eigenvalue weighted by Gasteiger charge is -2.22. The normalized spacial score (nSPS) is 11.6. The number of rotatable bonds is 14. The van der Waals surface area contributed by atoms with E-state index in [9.17, 15) is 13.2 Å². The molecule has 36 heavy (non-hydrogen) atoms. The van der Waals surface area contributed by atoms with Crippen LogP contribution in [0.3, 0.4) is 0 Å². The molecule has 198 valence electrons. The van der Waals surface area contributed by atoms with Crippen LogP contribution in [0.15, 0.2) is 35.2 Å². The SMILES string of the molecule is COc1cc(OC)c(S(=O)(=O)N(CCCl)CCCl)cc1C(=O)/C=C/c1cc(OC)c(OC)c(OC)c1. The smallest absolute Gasteiger partial charge is 0.246 e. The van der Waals surface area contributed by atoms with Crippen molar-refractivity contribution < 1.29 is 36.9 Å². The van der Waals surface area contributed by atoms with Crippen molar-refractivity contribution in [1.82, 2.24) is 4.31 Å². The first-order valence-electron chi connectivity index (χ1n) is 10.6. The molecule has 2 rings (SSSR count). The summed E-state index contributed by atoms with van der Waals surface area (Å²) in [4.78, 5) is 13.0. The lowest BCUT2D eigenvalue weighted by molar-refractivity contribution is 0.104. The summed E-state index contributed by atoms with van der Waals surface area (Å²) in [6.07, 6.45) is 2.83. The molecular weight excluding hydrogens is 533 g/mol. The first-order chi connectivity index (χ1) is 17.2. The van der Waals surface area contributed by atoms with Crippen molar-refractivity contribution in [3.8, 4) is 28.7 Å². The summed E-state index contributed by atoms with van der Waals surface area (Å²) >= 11 is 11.6. The van der Waals surface area contributed by atoms with Crippen molar-refractivity contribution in [2.75, 3.05) is 60.4 Å². The molecule has 2 aromatic rings. The third-order valence-corrected chi connectivity index (χ3v) is 7.41. The second kappa shape index (κ2) is 13.6. The first kappa shape index (κ1) is 29.6. The predicted octanol–water partition coefficient (Wildman–Crippen LogP) is 4.09. The average Bonchev–Trinajstić information content (AvgIpc) is 2.89. The Bertz CT molecular complexity index is 1170. The van der Waals surface area contributed by atoms with Crippen molar-refractivity contribution in [1.29, 1.82) is 0 Å². The molecule has 0 aliphatic heterocycles. The van der Waals surface area contributed by atoms with Crippen molar-refractivity contribution in [3.63, 3.8) is 0 Å². The van der Waals surface area contributed by atoms with E-state index in [4.69, 9.17) is 46.9 Å². The predicted molar refractivity (Wildman–Crippen MR) is 139 cm³/mol. The van der Waals surface area contributed by atoms with Gasteiger partial charge in [0.2, 0.25) is 15.8 Å². The summed E-state index contributed by atoms with van der Waals surface area (Å²) in [7, 11) is 3.07. The van der Waals surface area contributed by atoms with Gasteiger partial charge in [-0.3, -0.25) is 4.79 Å². The fourth-order valence-corrected chi connectivity index (χ4v) is 5.62. The van der Waals surface area contributed by atoms with Crippen LogP contribution in [0.4, 0.5) is 0 Å². The van der Waals surface area contributed by atoms with E-state index in [1.54, 1.807) is 12.1 Å². The molecule has 2 aromatic carbocycles. The molecule has 0 atom stereocenters. The van der Waals surface area contributed by atoms with Crippen molar-refractivity contribution >= 4 is 45.1 Å². The molecule has 0 amide bonds. The van der Waals surface area contributed by atoms with Crippen LogP contribution < -0.4 is 23.7 Å². The zero-order chi connectivity index (χ0) is 26.9. The van der Waals surface area contributed by atoms with Crippen LogP contribution in [0.5, 0.6) is 28.7 Å². The quantitative estimate of drug-likeness (QED) is 0.193. The van der Waals surface area contributed by atoms with Crippen molar-refractivity contribution in [3.05, 3.63) is 41.5 Å². The number of nitrogens with zero attached hydrogens (tertiary/aromatic N) is 1. The van der Waals surface area contributed by atoms with E-state index < -0.39 is 15.8 Å². The summed E-state index contributed by atoms with van der Waals surface area (Å²) in [6.45, 7) is 0.0756. The van der Waals surface area contributed by atoms with Gasteiger partial charge in [0.25, 0.3) is 0 Å². The van der Waals surface area contributed by atoms with Crippen LogP contribution >= 0.6 is 23.2 Å².